The molecule has 1 fully saturated rings. The molecule has 21 heavy (non-hydrogen) atoms. The monoisotopic (exact) mass is 285 g/mol. The van der Waals surface area contributed by atoms with Crippen LogP contribution in [0.2, 0.25) is 0 Å². The Balaban J connectivity index is 1.78. The maximum absolute atomic E-state index is 12.0. The van der Waals surface area contributed by atoms with Crippen molar-refractivity contribution in [2.75, 3.05) is 25.0 Å². The van der Waals surface area contributed by atoms with Crippen LogP contribution in [0.5, 0.6) is 0 Å². The first kappa shape index (κ1) is 15.5. The second-order valence-corrected chi connectivity index (χ2v) is 6.19. The summed E-state index contributed by atoms with van der Waals surface area (Å²) in [5.41, 5.74) is 1.35. The Morgan fingerprint density at radius 2 is 1.90 bits per heavy atom. The second kappa shape index (κ2) is 7.24. The standard InChI is InChI=1S/C17H23N3O/c1-13-9-14(2)12-20(11-13)8-7-17(21)19-16-5-3-15(10-18)4-6-16/h3-6,13-14H,7-9,11-12H2,1-2H3,(H,19,21). The minimum Gasteiger partial charge on any atom is -0.326 e. The van der Waals surface area contributed by atoms with E-state index in [2.05, 4.69) is 30.1 Å². The van der Waals surface area contributed by atoms with Crippen LogP contribution >= 0.6 is 0 Å². The van der Waals surface area contributed by atoms with Gasteiger partial charge in [0, 0.05) is 31.7 Å². The molecule has 2 rings (SSSR count). The number of nitrogens with one attached hydrogen (secondary N) is 1. The number of carbonyl (C=O) groups excluding carboxylic acids is 1. The fraction of sp³-hybridized carbons (Fsp3) is 0.529. The van der Waals surface area contributed by atoms with Gasteiger partial charge in [-0.05, 0) is 42.5 Å². The Kier molecular flexibility index (Phi) is 5.35. The minimum atomic E-state index is 0.0330. The molecule has 112 valence electrons. The number of nitrogens with zero attached hydrogens (tertiary/aromatic N) is 2. The average molecular weight is 285 g/mol. The summed E-state index contributed by atoms with van der Waals surface area (Å²) in [5, 5.41) is 11.6. The van der Waals surface area contributed by atoms with Crippen molar-refractivity contribution in [3.63, 3.8) is 0 Å². The number of nitriles is 1. The number of piperidine rings is 1. The van der Waals surface area contributed by atoms with Crippen LogP contribution in [0, 0.1) is 23.2 Å². The van der Waals surface area contributed by atoms with Crippen LogP contribution in [0.3, 0.4) is 0 Å². The largest absolute Gasteiger partial charge is 0.326 e. The van der Waals surface area contributed by atoms with Crippen molar-refractivity contribution in [1.29, 1.82) is 5.26 Å². The molecule has 0 aromatic heterocycles. The van der Waals surface area contributed by atoms with Crippen LogP contribution in [0.4, 0.5) is 5.69 Å². The molecule has 1 N–H and O–H groups in total. The zero-order valence-electron chi connectivity index (χ0n) is 12.8. The minimum absolute atomic E-state index is 0.0330. The smallest absolute Gasteiger partial charge is 0.225 e. The third kappa shape index (κ3) is 4.87. The van der Waals surface area contributed by atoms with Crippen molar-refractivity contribution in [2.45, 2.75) is 26.7 Å². The molecule has 4 heteroatoms. The molecule has 1 saturated heterocycles. The number of amides is 1. The molecular weight excluding hydrogens is 262 g/mol. The van der Waals surface area contributed by atoms with Crippen LogP contribution in [0.25, 0.3) is 0 Å². The molecule has 1 aliphatic rings. The number of carbonyl (C=O) groups is 1. The van der Waals surface area contributed by atoms with Crippen molar-refractivity contribution in [3.8, 4) is 6.07 Å². The van der Waals surface area contributed by atoms with E-state index in [9.17, 15) is 4.79 Å². The van der Waals surface area contributed by atoms with Crippen LogP contribution in [0.1, 0.15) is 32.3 Å². The molecule has 4 nitrogen and oxygen atoms in total. The van der Waals surface area contributed by atoms with Gasteiger partial charge in [-0.2, -0.15) is 5.26 Å². The topological polar surface area (TPSA) is 56.1 Å². The van der Waals surface area contributed by atoms with E-state index in [0.717, 1.165) is 37.2 Å². The summed E-state index contributed by atoms with van der Waals surface area (Å²) in [6.07, 6.45) is 1.80. The van der Waals surface area contributed by atoms with Gasteiger partial charge in [-0.1, -0.05) is 13.8 Å². The van der Waals surface area contributed by atoms with Crippen molar-refractivity contribution < 1.29 is 4.79 Å². The van der Waals surface area contributed by atoms with Gasteiger partial charge in [0.05, 0.1) is 11.6 Å². The van der Waals surface area contributed by atoms with Crippen LogP contribution in [-0.2, 0) is 4.79 Å². The Hall–Kier alpha value is -1.86. The van der Waals surface area contributed by atoms with E-state index in [0.29, 0.717) is 12.0 Å². The average Bonchev–Trinajstić information content (AvgIpc) is 2.45. The molecule has 0 spiro atoms. The molecule has 2 unspecified atom stereocenters. The third-order valence-corrected chi connectivity index (χ3v) is 3.90. The van der Waals surface area contributed by atoms with Crippen molar-refractivity contribution in [3.05, 3.63) is 29.8 Å². The lowest BCUT2D eigenvalue weighted by Gasteiger charge is -2.34. The maximum atomic E-state index is 12.0. The third-order valence-electron chi connectivity index (χ3n) is 3.90. The Labute approximate surface area is 126 Å². The summed E-state index contributed by atoms with van der Waals surface area (Å²) in [5.74, 6) is 1.47. The molecule has 1 aliphatic heterocycles. The van der Waals surface area contributed by atoms with Crippen molar-refractivity contribution in [1.82, 2.24) is 4.90 Å². The SMILES string of the molecule is CC1CC(C)CN(CCC(=O)Nc2ccc(C#N)cc2)C1. The van der Waals surface area contributed by atoms with Gasteiger partial charge in [0.2, 0.25) is 5.91 Å². The molecule has 1 aromatic carbocycles. The number of hydrogen-bond acceptors (Lipinski definition) is 3. The van der Waals surface area contributed by atoms with Gasteiger partial charge >= 0.3 is 0 Å². The highest BCUT2D eigenvalue weighted by atomic mass is 16.1. The molecule has 0 saturated carbocycles. The highest BCUT2D eigenvalue weighted by molar-refractivity contribution is 5.90. The first-order chi connectivity index (χ1) is 10.1. The lowest BCUT2D eigenvalue weighted by atomic mass is 9.92. The number of benzene rings is 1. The number of likely N-dealkylation sites (tertiary alicyclic amines) is 1. The number of rotatable bonds is 4. The van der Waals surface area contributed by atoms with Gasteiger partial charge in [-0.25, -0.2) is 0 Å². The van der Waals surface area contributed by atoms with Gasteiger partial charge in [-0.3, -0.25) is 4.79 Å². The molecule has 0 aliphatic carbocycles. The predicted molar refractivity (Wildman–Crippen MR) is 83.8 cm³/mol. The van der Waals surface area contributed by atoms with E-state index in [1.165, 1.54) is 6.42 Å². The van der Waals surface area contributed by atoms with E-state index in [4.69, 9.17) is 5.26 Å². The second-order valence-electron chi connectivity index (χ2n) is 6.19. The molecular formula is C17H23N3O. The van der Waals surface area contributed by atoms with Gasteiger partial charge < -0.3 is 10.2 Å². The fourth-order valence-corrected chi connectivity index (χ4v) is 3.09. The maximum Gasteiger partial charge on any atom is 0.225 e. The lowest BCUT2D eigenvalue weighted by Crippen LogP contribution is -2.40. The van der Waals surface area contributed by atoms with Gasteiger partial charge in [0.25, 0.3) is 0 Å². The molecule has 1 heterocycles. The van der Waals surface area contributed by atoms with E-state index < -0.39 is 0 Å². The number of hydrogen-bond donors (Lipinski definition) is 1. The molecule has 0 bridgehead atoms. The molecule has 0 radical (unpaired) electrons. The molecule has 2 atom stereocenters. The lowest BCUT2D eigenvalue weighted by molar-refractivity contribution is -0.116. The highest BCUT2D eigenvalue weighted by Crippen LogP contribution is 2.20. The summed E-state index contributed by atoms with van der Waals surface area (Å²) in [6, 6.07) is 9.02. The summed E-state index contributed by atoms with van der Waals surface area (Å²) in [6.45, 7) is 7.55. The van der Waals surface area contributed by atoms with Gasteiger partial charge in [-0.15, -0.1) is 0 Å². The Morgan fingerprint density at radius 3 is 2.48 bits per heavy atom. The van der Waals surface area contributed by atoms with Crippen molar-refractivity contribution in [2.24, 2.45) is 11.8 Å². The first-order valence-corrected chi connectivity index (χ1v) is 7.59. The summed E-state index contributed by atoms with van der Waals surface area (Å²) in [4.78, 5) is 14.4. The van der Waals surface area contributed by atoms with Crippen molar-refractivity contribution >= 4 is 11.6 Å². The normalized spacial score (nSPS) is 22.5. The quantitative estimate of drug-likeness (QED) is 0.925. The zero-order chi connectivity index (χ0) is 15.2. The van der Waals surface area contributed by atoms with Gasteiger partial charge in [0.15, 0.2) is 0 Å². The predicted octanol–water partition coefficient (Wildman–Crippen LogP) is 2.86. The van der Waals surface area contributed by atoms with E-state index in [-0.39, 0.29) is 5.91 Å². The van der Waals surface area contributed by atoms with E-state index in [1.54, 1.807) is 24.3 Å². The van der Waals surface area contributed by atoms with Crippen LogP contribution in [0.15, 0.2) is 24.3 Å². The Bertz CT molecular complexity index is 508. The van der Waals surface area contributed by atoms with Gasteiger partial charge in [0.1, 0.15) is 0 Å². The summed E-state index contributed by atoms with van der Waals surface area (Å²) < 4.78 is 0. The summed E-state index contributed by atoms with van der Waals surface area (Å²) in [7, 11) is 0. The number of anilines is 1. The Morgan fingerprint density at radius 1 is 1.29 bits per heavy atom. The van der Waals surface area contributed by atoms with Crippen LogP contribution < -0.4 is 5.32 Å². The van der Waals surface area contributed by atoms with Crippen LogP contribution in [-0.4, -0.2) is 30.4 Å². The van der Waals surface area contributed by atoms with E-state index in [1.807, 2.05) is 0 Å². The summed E-state index contributed by atoms with van der Waals surface area (Å²) >= 11 is 0. The molecule has 1 amide bonds. The molecule has 1 aromatic rings. The van der Waals surface area contributed by atoms with E-state index >= 15 is 0 Å². The highest BCUT2D eigenvalue weighted by Gasteiger charge is 2.21. The zero-order valence-corrected chi connectivity index (χ0v) is 12.8. The fourth-order valence-electron chi connectivity index (χ4n) is 3.09. The first-order valence-electron chi connectivity index (χ1n) is 7.59.